The average Bonchev–Trinajstić information content (AvgIpc) is 3.19. The van der Waals surface area contributed by atoms with Crippen LogP contribution in [-0.2, 0) is 57.2 Å². The van der Waals surface area contributed by atoms with Crippen LogP contribution in [0.4, 0.5) is 0 Å². The quantitative estimate of drug-likeness (QED) is 0.0692. The first-order valence-corrected chi connectivity index (χ1v) is 22.2. The van der Waals surface area contributed by atoms with Crippen LogP contribution in [0.5, 0.6) is 0 Å². The van der Waals surface area contributed by atoms with Gasteiger partial charge in [0, 0.05) is 23.9 Å². The van der Waals surface area contributed by atoms with Gasteiger partial charge in [0.05, 0.1) is 53.0 Å². The van der Waals surface area contributed by atoms with Crippen molar-refractivity contribution in [3.8, 4) is 0 Å². The molecule has 0 aromatic heterocycles. The number of aliphatic carboxylic acids is 2. The molecule has 0 aromatic rings. The number of carboxylic acids is 2. The summed E-state index contributed by atoms with van der Waals surface area (Å²) in [4.78, 5) is 77.8. The second-order valence-corrected chi connectivity index (χ2v) is 19.8. The van der Waals surface area contributed by atoms with E-state index in [9.17, 15) is 44.1 Å². The molecule has 4 fully saturated rings. The van der Waals surface area contributed by atoms with Crippen molar-refractivity contribution >= 4 is 35.8 Å². The minimum absolute atomic E-state index is 0.00873. The van der Waals surface area contributed by atoms with Crippen molar-refractivity contribution in [3.63, 3.8) is 0 Å². The molecule has 15 nitrogen and oxygen atoms in total. The summed E-state index contributed by atoms with van der Waals surface area (Å²) in [5, 5.41) is 30.1. The first-order chi connectivity index (χ1) is 29.0. The summed E-state index contributed by atoms with van der Waals surface area (Å²) < 4.78 is 33.9. The molecule has 4 rings (SSSR count). The van der Waals surface area contributed by atoms with Gasteiger partial charge in [0.1, 0.15) is 11.8 Å². The Morgan fingerprint density at radius 3 is 1.48 bits per heavy atom. The molecule has 4 aliphatic carbocycles. The maximum absolute atomic E-state index is 14.2. The Hall–Kier alpha value is -3.82. The van der Waals surface area contributed by atoms with E-state index in [1.54, 1.807) is 13.8 Å². The van der Waals surface area contributed by atoms with Crippen LogP contribution >= 0.6 is 0 Å². The number of carbonyl (C=O) groups excluding carboxylic acids is 4. The molecule has 350 valence electrons. The number of methoxy groups -OCH3 is 2. The summed E-state index contributed by atoms with van der Waals surface area (Å²) >= 11 is 0. The number of carbonyl (C=O) groups is 6. The molecule has 3 N–H and O–H groups in total. The fraction of sp³-hybridized carbons (Fsp3) is 0.787. The lowest BCUT2D eigenvalue weighted by atomic mass is 9.47. The zero-order valence-corrected chi connectivity index (χ0v) is 38.2. The fourth-order valence-electron chi connectivity index (χ4n) is 12.1. The van der Waals surface area contributed by atoms with E-state index in [2.05, 4.69) is 33.9 Å². The summed E-state index contributed by atoms with van der Waals surface area (Å²) in [6.45, 7) is 20.2. The van der Waals surface area contributed by atoms with Gasteiger partial charge in [-0.25, -0.2) is 9.59 Å². The molecule has 12 atom stereocenters. The topological polar surface area (TPSA) is 218 Å². The van der Waals surface area contributed by atoms with E-state index in [4.69, 9.17) is 28.4 Å². The maximum atomic E-state index is 14.2. The summed E-state index contributed by atoms with van der Waals surface area (Å²) in [5.41, 5.74) is 0.111. The lowest BCUT2D eigenvalue weighted by molar-refractivity contribution is -0.182. The molecule has 15 heteroatoms. The third-order valence-electron chi connectivity index (χ3n) is 15.4. The molecule has 0 radical (unpaired) electrons. The number of aliphatic hydroxyl groups is 1. The lowest BCUT2D eigenvalue weighted by Gasteiger charge is -2.58. The second-order valence-electron chi connectivity index (χ2n) is 19.8. The predicted molar refractivity (Wildman–Crippen MR) is 225 cm³/mol. The van der Waals surface area contributed by atoms with Crippen LogP contribution in [0.2, 0.25) is 0 Å². The summed E-state index contributed by atoms with van der Waals surface area (Å²) in [6.07, 6.45) is 2.50. The van der Waals surface area contributed by atoms with Crippen molar-refractivity contribution in [1.82, 2.24) is 0 Å². The van der Waals surface area contributed by atoms with Gasteiger partial charge in [-0.1, -0.05) is 64.8 Å². The highest BCUT2D eigenvalue weighted by atomic mass is 16.6. The SMILES string of the molecule is C=C1CC[C@H]2[C@](C)(COC(=O)[C@@H](CC(=O)O)[C@@H](OC[C@H]3C(=C)CC[C@H]4[C@](C)(CO)CCC[C@]34C)C(=O)OC)CCC[C@]2(C)[C@H]1CO[C@@H](C(=O)OC)[C@H](CC(=O)O)C(=O)OC(C)C. The highest BCUT2D eigenvalue weighted by Gasteiger charge is 2.57. The normalized spacial score (nSPS) is 32.9. The lowest BCUT2D eigenvalue weighted by Crippen LogP contribution is -2.54. The van der Waals surface area contributed by atoms with Crippen LogP contribution in [0.3, 0.4) is 0 Å². The maximum Gasteiger partial charge on any atom is 0.335 e. The van der Waals surface area contributed by atoms with Crippen molar-refractivity contribution < 1.29 is 72.5 Å². The van der Waals surface area contributed by atoms with Gasteiger partial charge >= 0.3 is 35.8 Å². The monoisotopic (exact) mass is 876 g/mol. The number of rotatable bonds is 20. The van der Waals surface area contributed by atoms with E-state index in [1.165, 1.54) is 0 Å². The Morgan fingerprint density at radius 2 is 1.08 bits per heavy atom. The van der Waals surface area contributed by atoms with Gasteiger partial charge in [0.25, 0.3) is 0 Å². The Morgan fingerprint density at radius 1 is 0.661 bits per heavy atom. The minimum atomic E-state index is -1.57. The van der Waals surface area contributed by atoms with Gasteiger partial charge in [-0.2, -0.15) is 0 Å². The van der Waals surface area contributed by atoms with Crippen LogP contribution in [-0.4, -0.2) is 110 Å². The second kappa shape index (κ2) is 20.8. The van der Waals surface area contributed by atoms with Crippen molar-refractivity contribution in [2.24, 2.45) is 57.2 Å². The Kier molecular flexibility index (Phi) is 17.0. The fourth-order valence-corrected chi connectivity index (χ4v) is 12.1. The molecule has 0 unspecified atom stereocenters. The highest BCUT2D eigenvalue weighted by molar-refractivity contribution is 5.88. The van der Waals surface area contributed by atoms with Gasteiger partial charge < -0.3 is 43.7 Å². The number of ether oxygens (including phenoxy) is 6. The summed E-state index contributed by atoms with van der Waals surface area (Å²) in [6, 6.07) is 0. The smallest absolute Gasteiger partial charge is 0.335 e. The van der Waals surface area contributed by atoms with Crippen LogP contribution in [0.1, 0.15) is 119 Å². The largest absolute Gasteiger partial charge is 0.481 e. The van der Waals surface area contributed by atoms with Crippen LogP contribution < -0.4 is 0 Å². The Labute approximate surface area is 366 Å². The van der Waals surface area contributed by atoms with Crippen molar-refractivity contribution in [2.45, 2.75) is 137 Å². The molecule has 62 heavy (non-hydrogen) atoms. The van der Waals surface area contributed by atoms with Crippen LogP contribution in [0.25, 0.3) is 0 Å². The standard InChI is InChI=1S/C47H72O15/c1-27(2)62-41(54)31(22-37(51)52)39(43(56)58-10)60-24-33-29(4)14-16-35-45(6,18-12-20-47(33,35)8)26-61-40(53)30(21-36(49)50)38(42(55)57-9)59-23-32-28(3)13-15-34-44(5,25-48)17-11-19-46(32,34)7/h27,30-35,38-39,48H,3-4,11-26H2,1-2,5-10H3,(H,49,50)(H,51,52)/t30-,31-,32-,33-,34-,35-,38+,39+,44-,45-,46+,47+/m0/s1. The van der Waals surface area contributed by atoms with Gasteiger partial charge in [-0.15, -0.1) is 0 Å². The highest BCUT2D eigenvalue weighted by Crippen LogP contribution is 2.62. The molecule has 4 aliphatic rings. The molecular formula is C47H72O15. The molecule has 4 saturated carbocycles. The predicted octanol–water partition coefficient (Wildman–Crippen LogP) is 6.33. The average molecular weight is 877 g/mol. The van der Waals surface area contributed by atoms with Crippen molar-refractivity contribution in [3.05, 3.63) is 24.3 Å². The van der Waals surface area contributed by atoms with Gasteiger partial charge in [0.15, 0.2) is 12.2 Å². The molecule has 0 bridgehead atoms. The van der Waals surface area contributed by atoms with E-state index >= 15 is 0 Å². The summed E-state index contributed by atoms with van der Waals surface area (Å²) in [5.74, 6) is -9.67. The third kappa shape index (κ3) is 10.9. The van der Waals surface area contributed by atoms with Gasteiger partial charge in [0.2, 0.25) is 0 Å². The van der Waals surface area contributed by atoms with E-state index in [0.29, 0.717) is 19.3 Å². The van der Waals surface area contributed by atoms with E-state index in [0.717, 1.165) is 70.3 Å². The number of hydrogen-bond donors (Lipinski definition) is 3. The molecule has 0 aromatic carbocycles. The first-order valence-electron chi connectivity index (χ1n) is 22.2. The van der Waals surface area contributed by atoms with Crippen molar-refractivity contribution in [2.75, 3.05) is 40.6 Å². The molecule has 0 spiro atoms. The zero-order chi connectivity index (χ0) is 46.4. The van der Waals surface area contributed by atoms with E-state index in [-0.39, 0.29) is 60.9 Å². The Bertz CT molecular complexity index is 1690. The number of fused-ring (bicyclic) bond motifs is 2. The third-order valence-corrected chi connectivity index (χ3v) is 15.4. The molecule has 0 saturated heterocycles. The van der Waals surface area contributed by atoms with Crippen LogP contribution in [0, 0.1) is 57.2 Å². The summed E-state index contributed by atoms with van der Waals surface area (Å²) in [7, 11) is 2.29. The number of hydrogen-bond acceptors (Lipinski definition) is 13. The number of carboxylic acid groups (broad SMARTS) is 2. The molecular weight excluding hydrogens is 805 g/mol. The molecule has 0 heterocycles. The van der Waals surface area contributed by atoms with E-state index < -0.39 is 89.6 Å². The zero-order valence-electron chi connectivity index (χ0n) is 38.2. The van der Waals surface area contributed by atoms with Crippen molar-refractivity contribution in [1.29, 1.82) is 0 Å². The number of esters is 4. The Balaban J connectivity index is 1.55. The van der Waals surface area contributed by atoms with E-state index in [1.807, 2.05) is 6.92 Å². The minimum Gasteiger partial charge on any atom is -0.481 e. The molecule has 0 amide bonds. The number of aliphatic hydroxyl groups excluding tert-OH is 1. The van der Waals surface area contributed by atoms with Gasteiger partial charge in [-0.3, -0.25) is 19.2 Å². The first kappa shape index (κ1) is 50.8. The molecule has 0 aliphatic heterocycles. The van der Waals surface area contributed by atoms with Crippen LogP contribution in [0.15, 0.2) is 24.3 Å². The van der Waals surface area contributed by atoms with Gasteiger partial charge in [-0.05, 0) is 93.3 Å².